The molecule has 0 radical (unpaired) electrons. The van der Waals surface area contributed by atoms with E-state index in [2.05, 4.69) is 18.2 Å². The fourth-order valence-electron chi connectivity index (χ4n) is 2.29. The second kappa shape index (κ2) is 5.22. The molecule has 3 nitrogen and oxygen atoms in total. The number of hydrogen-bond acceptors (Lipinski definition) is 3. The zero-order valence-electron chi connectivity index (χ0n) is 10.8. The predicted octanol–water partition coefficient (Wildman–Crippen LogP) is 2.83. The Morgan fingerprint density at radius 1 is 1.16 bits per heavy atom. The lowest BCUT2D eigenvalue weighted by Gasteiger charge is -2.09. The molecule has 0 unspecified atom stereocenters. The SMILES string of the molecule is Nc1ccccc1OCCc1ccc2c(c1)CCO2. The van der Waals surface area contributed by atoms with E-state index in [0.717, 1.165) is 30.9 Å². The number of hydrogen-bond donors (Lipinski definition) is 1. The molecule has 1 aliphatic heterocycles. The molecule has 2 aromatic rings. The van der Waals surface area contributed by atoms with Gasteiger partial charge in [-0.2, -0.15) is 0 Å². The van der Waals surface area contributed by atoms with Crippen LogP contribution in [0.5, 0.6) is 11.5 Å². The van der Waals surface area contributed by atoms with Crippen LogP contribution >= 0.6 is 0 Å². The highest BCUT2D eigenvalue weighted by atomic mass is 16.5. The first-order valence-electron chi connectivity index (χ1n) is 6.55. The number of fused-ring (bicyclic) bond motifs is 1. The van der Waals surface area contributed by atoms with E-state index >= 15 is 0 Å². The standard InChI is InChI=1S/C16H17NO2/c17-14-3-1-2-4-16(14)19-9-7-12-5-6-15-13(11-12)8-10-18-15/h1-6,11H,7-10,17H2. The lowest BCUT2D eigenvalue weighted by atomic mass is 10.1. The smallest absolute Gasteiger partial charge is 0.142 e. The van der Waals surface area contributed by atoms with E-state index in [1.165, 1.54) is 11.1 Å². The third-order valence-corrected chi connectivity index (χ3v) is 3.32. The molecule has 0 bridgehead atoms. The summed E-state index contributed by atoms with van der Waals surface area (Å²) in [6, 6.07) is 13.9. The van der Waals surface area contributed by atoms with Crippen LogP contribution < -0.4 is 15.2 Å². The Hall–Kier alpha value is -2.16. The van der Waals surface area contributed by atoms with E-state index in [4.69, 9.17) is 15.2 Å². The number of benzene rings is 2. The summed E-state index contributed by atoms with van der Waals surface area (Å²) in [6.45, 7) is 1.43. The van der Waals surface area contributed by atoms with Gasteiger partial charge in [0.25, 0.3) is 0 Å². The number of nitrogens with two attached hydrogens (primary N) is 1. The summed E-state index contributed by atoms with van der Waals surface area (Å²) in [5.74, 6) is 1.78. The molecule has 3 heteroatoms. The van der Waals surface area contributed by atoms with Crippen molar-refractivity contribution in [2.45, 2.75) is 12.8 Å². The van der Waals surface area contributed by atoms with Crippen molar-refractivity contribution in [2.75, 3.05) is 18.9 Å². The molecule has 0 atom stereocenters. The van der Waals surface area contributed by atoms with Crippen molar-refractivity contribution in [3.63, 3.8) is 0 Å². The zero-order valence-corrected chi connectivity index (χ0v) is 10.8. The topological polar surface area (TPSA) is 44.5 Å². The summed E-state index contributed by atoms with van der Waals surface area (Å²) in [6.07, 6.45) is 1.89. The maximum atomic E-state index is 5.83. The van der Waals surface area contributed by atoms with Crippen LogP contribution in [-0.4, -0.2) is 13.2 Å². The van der Waals surface area contributed by atoms with E-state index in [1.54, 1.807) is 0 Å². The maximum Gasteiger partial charge on any atom is 0.142 e. The monoisotopic (exact) mass is 255 g/mol. The highest BCUT2D eigenvalue weighted by Gasteiger charge is 2.11. The van der Waals surface area contributed by atoms with Crippen molar-refractivity contribution in [3.05, 3.63) is 53.6 Å². The number of para-hydroxylation sites is 2. The van der Waals surface area contributed by atoms with Crippen LogP contribution in [0, 0.1) is 0 Å². The van der Waals surface area contributed by atoms with Gasteiger partial charge in [-0.3, -0.25) is 0 Å². The highest BCUT2D eigenvalue weighted by molar-refractivity contribution is 5.51. The summed E-state index contributed by atoms with van der Waals surface area (Å²) >= 11 is 0. The summed E-state index contributed by atoms with van der Waals surface area (Å²) in [5.41, 5.74) is 9.10. The van der Waals surface area contributed by atoms with Crippen LogP contribution in [0.4, 0.5) is 5.69 Å². The van der Waals surface area contributed by atoms with Gasteiger partial charge in [0.15, 0.2) is 0 Å². The molecule has 2 aromatic carbocycles. The minimum Gasteiger partial charge on any atom is -0.493 e. The van der Waals surface area contributed by atoms with Gasteiger partial charge in [-0.25, -0.2) is 0 Å². The Kier molecular flexibility index (Phi) is 3.27. The van der Waals surface area contributed by atoms with Crippen molar-refractivity contribution < 1.29 is 9.47 Å². The van der Waals surface area contributed by atoms with Crippen LogP contribution in [0.1, 0.15) is 11.1 Å². The molecule has 0 saturated carbocycles. The number of rotatable bonds is 4. The Morgan fingerprint density at radius 3 is 2.95 bits per heavy atom. The van der Waals surface area contributed by atoms with Gasteiger partial charge >= 0.3 is 0 Å². The van der Waals surface area contributed by atoms with Crippen molar-refractivity contribution in [2.24, 2.45) is 0 Å². The van der Waals surface area contributed by atoms with Gasteiger partial charge < -0.3 is 15.2 Å². The Balaban J connectivity index is 1.59. The van der Waals surface area contributed by atoms with Crippen LogP contribution in [-0.2, 0) is 12.8 Å². The number of anilines is 1. The third kappa shape index (κ3) is 2.65. The molecule has 0 saturated heterocycles. The molecular weight excluding hydrogens is 238 g/mol. The summed E-state index contributed by atoms with van der Waals surface area (Å²) in [7, 11) is 0. The quantitative estimate of drug-likeness (QED) is 0.854. The Bertz CT molecular complexity index is 581. The third-order valence-electron chi connectivity index (χ3n) is 3.32. The summed E-state index contributed by atoms with van der Waals surface area (Å²) in [5, 5.41) is 0. The molecular formula is C16H17NO2. The lowest BCUT2D eigenvalue weighted by molar-refractivity contribution is 0.323. The predicted molar refractivity (Wildman–Crippen MR) is 75.7 cm³/mol. The molecule has 0 aliphatic carbocycles. The summed E-state index contributed by atoms with van der Waals surface area (Å²) < 4.78 is 11.2. The minimum atomic E-state index is 0.633. The van der Waals surface area contributed by atoms with E-state index < -0.39 is 0 Å². The minimum absolute atomic E-state index is 0.633. The van der Waals surface area contributed by atoms with E-state index in [-0.39, 0.29) is 0 Å². The van der Waals surface area contributed by atoms with Gasteiger partial charge in [0, 0.05) is 12.8 Å². The van der Waals surface area contributed by atoms with Crippen LogP contribution in [0.2, 0.25) is 0 Å². The van der Waals surface area contributed by atoms with Crippen molar-refractivity contribution >= 4 is 5.69 Å². The first-order valence-corrected chi connectivity index (χ1v) is 6.55. The highest BCUT2D eigenvalue weighted by Crippen LogP contribution is 2.26. The Morgan fingerprint density at radius 2 is 2.05 bits per heavy atom. The van der Waals surface area contributed by atoms with Crippen LogP contribution in [0.15, 0.2) is 42.5 Å². The van der Waals surface area contributed by atoms with Gasteiger partial charge in [0.1, 0.15) is 11.5 Å². The molecule has 1 heterocycles. The number of ether oxygens (including phenoxy) is 2. The van der Waals surface area contributed by atoms with Crippen molar-refractivity contribution in [1.82, 2.24) is 0 Å². The van der Waals surface area contributed by atoms with Gasteiger partial charge in [-0.1, -0.05) is 24.3 Å². The van der Waals surface area contributed by atoms with E-state index in [9.17, 15) is 0 Å². The van der Waals surface area contributed by atoms with Gasteiger partial charge in [0.05, 0.1) is 18.9 Å². The van der Waals surface area contributed by atoms with Crippen molar-refractivity contribution in [1.29, 1.82) is 0 Å². The molecule has 98 valence electrons. The Labute approximate surface area is 113 Å². The normalized spacial score (nSPS) is 12.8. The maximum absolute atomic E-state index is 5.83. The molecule has 0 aromatic heterocycles. The molecule has 1 aliphatic rings. The number of nitrogen functional groups attached to an aromatic ring is 1. The first kappa shape index (κ1) is 11.9. The lowest BCUT2D eigenvalue weighted by Crippen LogP contribution is -2.03. The molecule has 0 amide bonds. The average Bonchev–Trinajstić information content (AvgIpc) is 2.88. The fraction of sp³-hybridized carbons (Fsp3) is 0.250. The molecule has 0 fully saturated rings. The van der Waals surface area contributed by atoms with E-state index in [1.807, 2.05) is 24.3 Å². The summed E-state index contributed by atoms with van der Waals surface area (Å²) in [4.78, 5) is 0. The first-order chi connectivity index (χ1) is 9.33. The largest absolute Gasteiger partial charge is 0.493 e. The molecule has 2 N–H and O–H groups in total. The second-order valence-electron chi connectivity index (χ2n) is 4.68. The molecule has 0 spiro atoms. The van der Waals surface area contributed by atoms with Crippen molar-refractivity contribution in [3.8, 4) is 11.5 Å². The van der Waals surface area contributed by atoms with Crippen LogP contribution in [0.25, 0.3) is 0 Å². The fourth-order valence-corrected chi connectivity index (χ4v) is 2.29. The van der Waals surface area contributed by atoms with Crippen LogP contribution in [0.3, 0.4) is 0 Å². The van der Waals surface area contributed by atoms with Gasteiger partial charge in [-0.05, 0) is 29.3 Å². The second-order valence-corrected chi connectivity index (χ2v) is 4.68. The molecule has 19 heavy (non-hydrogen) atoms. The zero-order chi connectivity index (χ0) is 13.1. The van der Waals surface area contributed by atoms with E-state index in [0.29, 0.717) is 12.3 Å². The van der Waals surface area contributed by atoms with Gasteiger partial charge in [0.2, 0.25) is 0 Å². The molecule has 3 rings (SSSR count). The average molecular weight is 255 g/mol. The van der Waals surface area contributed by atoms with Gasteiger partial charge in [-0.15, -0.1) is 0 Å².